The molecule has 1 unspecified atom stereocenters. The Morgan fingerprint density at radius 1 is 1.38 bits per heavy atom. The van der Waals surface area contributed by atoms with Crippen LogP contribution >= 0.6 is 0 Å². The molecule has 0 aliphatic carbocycles. The van der Waals surface area contributed by atoms with Crippen LogP contribution in [0.4, 0.5) is 4.79 Å². The van der Waals surface area contributed by atoms with Crippen molar-refractivity contribution in [3.8, 4) is 0 Å². The quantitative estimate of drug-likeness (QED) is 0.919. The van der Waals surface area contributed by atoms with Crippen molar-refractivity contribution in [3.05, 3.63) is 35.9 Å². The van der Waals surface area contributed by atoms with E-state index in [9.17, 15) is 4.79 Å². The minimum Gasteiger partial charge on any atom is -0.372 e. The summed E-state index contributed by atoms with van der Waals surface area (Å²) in [7, 11) is 5.59. The predicted molar refractivity (Wildman–Crippen MR) is 83.2 cm³/mol. The highest BCUT2D eigenvalue weighted by molar-refractivity contribution is 5.73. The standard InChI is InChI=1S/C16H25N3O2/c1-18(2)16(20)17-11-14-12-19(3)9-10-21-15(14)13-7-5-4-6-8-13/h4-8,14-15H,9-12H2,1-3H3,(H,17,20)/t14-,15?/m0/s1. The molecule has 2 atom stereocenters. The Morgan fingerprint density at radius 3 is 2.76 bits per heavy atom. The highest BCUT2D eigenvalue weighted by atomic mass is 16.5. The van der Waals surface area contributed by atoms with Crippen molar-refractivity contribution in [2.45, 2.75) is 6.10 Å². The maximum atomic E-state index is 11.8. The van der Waals surface area contributed by atoms with Gasteiger partial charge in [0.05, 0.1) is 12.7 Å². The summed E-state index contributed by atoms with van der Waals surface area (Å²) in [6, 6.07) is 10.2. The van der Waals surface area contributed by atoms with Gasteiger partial charge in [-0.05, 0) is 12.6 Å². The van der Waals surface area contributed by atoms with Gasteiger partial charge in [0.25, 0.3) is 0 Å². The number of ether oxygens (including phenoxy) is 1. The molecule has 1 aromatic rings. The van der Waals surface area contributed by atoms with Gasteiger partial charge >= 0.3 is 6.03 Å². The summed E-state index contributed by atoms with van der Waals surface area (Å²) in [5.74, 6) is 0.240. The van der Waals surface area contributed by atoms with Crippen molar-refractivity contribution in [1.29, 1.82) is 0 Å². The van der Waals surface area contributed by atoms with E-state index in [0.717, 1.165) is 13.1 Å². The summed E-state index contributed by atoms with van der Waals surface area (Å²) < 4.78 is 6.06. The first-order valence-electron chi connectivity index (χ1n) is 7.38. The average Bonchev–Trinajstić information content (AvgIpc) is 2.66. The van der Waals surface area contributed by atoms with Crippen LogP contribution in [0, 0.1) is 5.92 Å². The van der Waals surface area contributed by atoms with Crippen LogP contribution in [0.1, 0.15) is 11.7 Å². The zero-order valence-corrected chi connectivity index (χ0v) is 13.1. The van der Waals surface area contributed by atoms with Gasteiger partial charge in [-0.1, -0.05) is 30.3 Å². The topological polar surface area (TPSA) is 44.8 Å². The highest BCUT2D eigenvalue weighted by Gasteiger charge is 2.28. The van der Waals surface area contributed by atoms with Gasteiger partial charge in [-0.2, -0.15) is 0 Å². The summed E-state index contributed by atoms with van der Waals surface area (Å²) in [5.41, 5.74) is 1.18. The van der Waals surface area contributed by atoms with E-state index in [2.05, 4.69) is 29.4 Å². The molecule has 5 heteroatoms. The molecule has 0 saturated carbocycles. The second-order valence-electron chi connectivity index (χ2n) is 5.80. The number of hydrogen-bond acceptors (Lipinski definition) is 3. The Hall–Kier alpha value is -1.59. The number of rotatable bonds is 3. The summed E-state index contributed by atoms with van der Waals surface area (Å²) in [6.45, 7) is 3.16. The van der Waals surface area contributed by atoms with Gasteiger partial charge in [-0.3, -0.25) is 0 Å². The molecule has 1 aliphatic rings. The van der Waals surface area contributed by atoms with Crippen LogP contribution in [0.15, 0.2) is 30.3 Å². The molecule has 5 nitrogen and oxygen atoms in total. The van der Waals surface area contributed by atoms with Gasteiger partial charge in [0.1, 0.15) is 0 Å². The van der Waals surface area contributed by atoms with Crippen LogP contribution in [0.3, 0.4) is 0 Å². The third-order valence-electron chi connectivity index (χ3n) is 3.79. The van der Waals surface area contributed by atoms with Gasteiger partial charge in [0.15, 0.2) is 0 Å². The van der Waals surface area contributed by atoms with Crippen molar-refractivity contribution in [2.24, 2.45) is 5.92 Å². The van der Waals surface area contributed by atoms with Crippen LogP contribution in [0.2, 0.25) is 0 Å². The van der Waals surface area contributed by atoms with Crippen molar-refractivity contribution in [3.63, 3.8) is 0 Å². The van der Waals surface area contributed by atoms with Gasteiger partial charge in [0, 0.05) is 39.6 Å². The maximum Gasteiger partial charge on any atom is 0.316 e. The number of amides is 2. The van der Waals surface area contributed by atoms with E-state index in [1.54, 1.807) is 19.0 Å². The molecule has 21 heavy (non-hydrogen) atoms. The number of nitrogens with one attached hydrogen (secondary N) is 1. The number of benzene rings is 1. The minimum absolute atomic E-state index is 0.0265. The van der Waals surface area contributed by atoms with Crippen LogP contribution < -0.4 is 5.32 Å². The molecule has 0 aromatic heterocycles. The molecule has 1 fully saturated rings. The second kappa shape index (κ2) is 7.43. The van der Waals surface area contributed by atoms with E-state index in [0.29, 0.717) is 13.2 Å². The Labute approximate surface area is 126 Å². The highest BCUT2D eigenvalue weighted by Crippen LogP contribution is 2.28. The van der Waals surface area contributed by atoms with Crippen LogP contribution in [-0.4, -0.2) is 63.2 Å². The minimum atomic E-state index is -0.0614. The first-order chi connectivity index (χ1) is 10.1. The third-order valence-corrected chi connectivity index (χ3v) is 3.79. The lowest BCUT2D eigenvalue weighted by Gasteiger charge is -2.27. The van der Waals surface area contributed by atoms with E-state index >= 15 is 0 Å². The lowest BCUT2D eigenvalue weighted by atomic mass is 9.95. The van der Waals surface area contributed by atoms with E-state index in [-0.39, 0.29) is 18.1 Å². The van der Waals surface area contributed by atoms with Crippen LogP contribution in [-0.2, 0) is 4.74 Å². The van der Waals surface area contributed by atoms with E-state index in [4.69, 9.17) is 4.74 Å². The molecule has 2 amide bonds. The van der Waals surface area contributed by atoms with Gasteiger partial charge < -0.3 is 19.9 Å². The molecule has 1 aliphatic heterocycles. The first kappa shape index (κ1) is 15.8. The number of carbonyl (C=O) groups is 1. The first-order valence-corrected chi connectivity index (χ1v) is 7.38. The Balaban J connectivity index is 2.09. The molecule has 1 heterocycles. The fraction of sp³-hybridized carbons (Fsp3) is 0.562. The summed E-state index contributed by atoms with van der Waals surface area (Å²) in [5, 5.41) is 2.98. The molecular formula is C16H25N3O2. The summed E-state index contributed by atoms with van der Waals surface area (Å²) in [4.78, 5) is 15.6. The lowest BCUT2D eigenvalue weighted by Crippen LogP contribution is -2.41. The van der Waals surface area contributed by atoms with E-state index in [1.807, 2.05) is 18.2 Å². The number of hydrogen-bond donors (Lipinski definition) is 1. The molecule has 1 aromatic carbocycles. The van der Waals surface area contributed by atoms with Crippen LogP contribution in [0.5, 0.6) is 0 Å². The van der Waals surface area contributed by atoms with E-state index in [1.165, 1.54) is 5.56 Å². The Morgan fingerprint density at radius 2 is 2.10 bits per heavy atom. The number of likely N-dealkylation sites (N-methyl/N-ethyl adjacent to an activating group) is 1. The van der Waals surface area contributed by atoms with Gasteiger partial charge in [-0.25, -0.2) is 4.79 Å². The smallest absolute Gasteiger partial charge is 0.316 e. The van der Waals surface area contributed by atoms with Crippen molar-refractivity contribution >= 4 is 6.03 Å². The third kappa shape index (κ3) is 4.44. The largest absolute Gasteiger partial charge is 0.372 e. The zero-order chi connectivity index (χ0) is 15.2. The molecule has 1 saturated heterocycles. The molecule has 0 bridgehead atoms. The normalized spacial score (nSPS) is 23.4. The van der Waals surface area contributed by atoms with Crippen molar-refractivity contribution in [1.82, 2.24) is 15.1 Å². The Bertz CT molecular complexity index is 450. The van der Waals surface area contributed by atoms with Crippen LogP contribution in [0.25, 0.3) is 0 Å². The fourth-order valence-electron chi connectivity index (χ4n) is 2.62. The van der Waals surface area contributed by atoms with Gasteiger partial charge in [0.2, 0.25) is 0 Å². The molecule has 2 rings (SSSR count). The van der Waals surface area contributed by atoms with Crippen molar-refractivity contribution in [2.75, 3.05) is 47.4 Å². The summed E-state index contributed by atoms with van der Waals surface area (Å²) in [6.07, 6.45) is 0.0265. The second-order valence-corrected chi connectivity index (χ2v) is 5.80. The van der Waals surface area contributed by atoms with Crippen molar-refractivity contribution < 1.29 is 9.53 Å². The monoisotopic (exact) mass is 291 g/mol. The number of carbonyl (C=O) groups excluding carboxylic acids is 1. The molecule has 0 radical (unpaired) electrons. The molecule has 0 spiro atoms. The maximum absolute atomic E-state index is 11.8. The fourth-order valence-corrected chi connectivity index (χ4v) is 2.62. The number of urea groups is 1. The van der Waals surface area contributed by atoms with Gasteiger partial charge in [-0.15, -0.1) is 0 Å². The number of nitrogens with zero attached hydrogens (tertiary/aromatic N) is 2. The SMILES string of the molecule is CN1CCOC(c2ccccc2)[C@@H](CNC(=O)N(C)C)C1. The summed E-state index contributed by atoms with van der Waals surface area (Å²) >= 11 is 0. The Kier molecular flexibility index (Phi) is 5.59. The molecule has 116 valence electrons. The molecular weight excluding hydrogens is 266 g/mol. The van der Waals surface area contributed by atoms with E-state index < -0.39 is 0 Å². The zero-order valence-electron chi connectivity index (χ0n) is 13.1. The molecule has 1 N–H and O–H groups in total. The average molecular weight is 291 g/mol. The predicted octanol–water partition coefficient (Wildman–Crippen LogP) is 1.58. The lowest BCUT2D eigenvalue weighted by molar-refractivity contribution is 0.0312.